The molecule has 11 aromatic carbocycles. The van der Waals surface area contributed by atoms with Crippen LogP contribution in [0.4, 0.5) is 34.1 Å². The summed E-state index contributed by atoms with van der Waals surface area (Å²) >= 11 is 0. The van der Waals surface area contributed by atoms with E-state index in [0.29, 0.717) is 11.8 Å². The lowest BCUT2D eigenvalue weighted by molar-refractivity contribution is 0.350. The van der Waals surface area contributed by atoms with Crippen molar-refractivity contribution in [3.63, 3.8) is 0 Å². The summed E-state index contributed by atoms with van der Waals surface area (Å²) in [5.74, 6) is 0.956. The predicted molar refractivity (Wildman–Crippen MR) is 318 cm³/mol. The quantitative estimate of drug-likeness (QED) is 0.142. The molecule has 2 heteroatoms. The molecule has 3 unspecified atom stereocenters. The van der Waals surface area contributed by atoms with Crippen LogP contribution in [-0.4, -0.2) is 0 Å². The zero-order chi connectivity index (χ0) is 50.5. The number of para-hydroxylation sites is 2. The van der Waals surface area contributed by atoms with Crippen LogP contribution in [0, 0.1) is 11.8 Å². The van der Waals surface area contributed by atoms with Crippen molar-refractivity contribution < 1.29 is 0 Å². The van der Waals surface area contributed by atoms with Crippen LogP contribution in [0.3, 0.4) is 0 Å². The van der Waals surface area contributed by atoms with Gasteiger partial charge in [-0.15, -0.1) is 0 Å². The van der Waals surface area contributed by atoms with Crippen molar-refractivity contribution in [1.29, 1.82) is 0 Å². The molecule has 11 aromatic rings. The highest BCUT2D eigenvalue weighted by molar-refractivity contribution is 6.04. The highest BCUT2D eigenvalue weighted by atomic mass is 15.2. The number of nitrogens with zero attached hydrogens (tertiary/aromatic N) is 2. The minimum atomic E-state index is -0.192. The summed E-state index contributed by atoms with van der Waals surface area (Å²) in [7, 11) is 0. The first kappa shape index (κ1) is 44.7. The van der Waals surface area contributed by atoms with E-state index in [4.69, 9.17) is 0 Å². The van der Waals surface area contributed by atoms with Gasteiger partial charge < -0.3 is 9.80 Å². The van der Waals surface area contributed by atoms with Gasteiger partial charge in [0.15, 0.2) is 0 Å². The summed E-state index contributed by atoms with van der Waals surface area (Å²) in [6, 6.07) is 95.8. The molecule has 0 heterocycles. The zero-order valence-corrected chi connectivity index (χ0v) is 43.1. The lowest BCUT2D eigenvalue weighted by Gasteiger charge is -2.40. The van der Waals surface area contributed by atoms with Gasteiger partial charge >= 0.3 is 0 Å². The normalized spacial score (nSPS) is 18.1. The van der Waals surface area contributed by atoms with E-state index in [-0.39, 0.29) is 10.8 Å². The average Bonchev–Trinajstić information content (AvgIpc) is 4.30. The molecule has 364 valence electrons. The lowest BCUT2D eigenvalue weighted by Crippen LogP contribution is -2.34. The molecule has 76 heavy (non-hydrogen) atoms. The van der Waals surface area contributed by atoms with Crippen LogP contribution >= 0.6 is 0 Å². The Morgan fingerprint density at radius 2 is 0.868 bits per heavy atom. The van der Waals surface area contributed by atoms with Gasteiger partial charge in [-0.05, 0) is 187 Å². The van der Waals surface area contributed by atoms with E-state index in [0.717, 1.165) is 18.5 Å². The Morgan fingerprint density at radius 1 is 0.355 bits per heavy atom. The van der Waals surface area contributed by atoms with E-state index in [9.17, 15) is 0 Å². The molecule has 0 aliphatic heterocycles. The van der Waals surface area contributed by atoms with Gasteiger partial charge in [-0.25, -0.2) is 0 Å². The Hall–Kier alpha value is -8.72. The Balaban J connectivity index is 0.928. The SMILES string of the molecule is CC1(C)c2ccccc2-c2c(-c3ccccc3)cc(N(c3ccccc3)c3cccc4c3C35c6c(cccc6N(c6ccccc6)c6ccc(-c7ccc8ccccc8c7-c7ccccc7)cc6)CC3CCC5C4)cc21. The fourth-order valence-electron chi connectivity index (χ4n) is 15.0. The Labute approximate surface area is 447 Å². The molecule has 4 aliphatic rings. The van der Waals surface area contributed by atoms with Gasteiger partial charge in [-0.1, -0.05) is 208 Å². The second-order valence-electron chi connectivity index (χ2n) is 22.3. The van der Waals surface area contributed by atoms with Crippen molar-refractivity contribution in [2.24, 2.45) is 11.8 Å². The Kier molecular flexibility index (Phi) is 10.3. The van der Waals surface area contributed by atoms with Gasteiger partial charge in [0.05, 0.1) is 11.4 Å². The topological polar surface area (TPSA) is 6.48 Å². The van der Waals surface area contributed by atoms with E-state index in [1.54, 1.807) is 0 Å². The van der Waals surface area contributed by atoms with Crippen LogP contribution in [0.1, 0.15) is 60.1 Å². The van der Waals surface area contributed by atoms with Crippen LogP contribution in [0.15, 0.2) is 255 Å². The van der Waals surface area contributed by atoms with Gasteiger partial charge in [-0.3, -0.25) is 0 Å². The lowest BCUT2D eigenvalue weighted by atomic mass is 9.68. The van der Waals surface area contributed by atoms with Crippen LogP contribution < -0.4 is 9.80 Å². The predicted octanol–water partition coefficient (Wildman–Crippen LogP) is 19.5. The molecule has 0 radical (unpaired) electrons. The summed E-state index contributed by atoms with van der Waals surface area (Å²) in [4.78, 5) is 5.22. The van der Waals surface area contributed by atoms with E-state index in [1.807, 2.05) is 0 Å². The number of fused-ring (bicyclic) bond motifs is 6. The molecule has 0 amide bonds. The maximum atomic E-state index is 2.64. The molecule has 1 spiro atoms. The molecule has 15 rings (SSSR count). The van der Waals surface area contributed by atoms with Crippen molar-refractivity contribution in [3.05, 3.63) is 288 Å². The molecular formula is C74H58N2. The highest BCUT2D eigenvalue weighted by Gasteiger charge is 2.62. The van der Waals surface area contributed by atoms with Gasteiger partial charge in [0.1, 0.15) is 0 Å². The van der Waals surface area contributed by atoms with Crippen LogP contribution in [0.25, 0.3) is 55.3 Å². The Bertz CT molecular complexity index is 4020. The van der Waals surface area contributed by atoms with Gasteiger partial charge in [0.25, 0.3) is 0 Å². The van der Waals surface area contributed by atoms with Gasteiger partial charge in [0.2, 0.25) is 0 Å². The number of rotatable bonds is 9. The first-order valence-corrected chi connectivity index (χ1v) is 27.4. The number of anilines is 6. The third-order valence-corrected chi connectivity index (χ3v) is 18.1. The molecule has 1 saturated carbocycles. The molecule has 0 saturated heterocycles. The third-order valence-electron chi connectivity index (χ3n) is 18.1. The zero-order valence-electron chi connectivity index (χ0n) is 43.1. The van der Waals surface area contributed by atoms with Crippen LogP contribution in [0.2, 0.25) is 0 Å². The van der Waals surface area contributed by atoms with Crippen molar-refractivity contribution in [3.8, 4) is 44.5 Å². The van der Waals surface area contributed by atoms with Crippen LogP contribution in [-0.2, 0) is 23.7 Å². The van der Waals surface area contributed by atoms with Crippen molar-refractivity contribution in [2.75, 3.05) is 9.80 Å². The summed E-state index contributed by atoms with van der Waals surface area (Å²) in [6.07, 6.45) is 4.59. The average molecular weight is 975 g/mol. The second kappa shape index (κ2) is 17.4. The largest absolute Gasteiger partial charge is 0.310 e. The van der Waals surface area contributed by atoms with Crippen LogP contribution in [0.5, 0.6) is 0 Å². The summed E-state index contributed by atoms with van der Waals surface area (Å²) in [5.41, 5.74) is 25.9. The summed E-state index contributed by atoms with van der Waals surface area (Å²) < 4.78 is 0. The van der Waals surface area contributed by atoms with E-state index < -0.39 is 0 Å². The van der Waals surface area contributed by atoms with Crippen molar-refractivity contribution in [2.45, 2.75) is 50.4 Å². The standard InChI is InChI=1S/C74H58N2/c1-73(2)65-34-18-17-33-63(65)70-64(49-21-7-3-8-22-49)47-60(48-66(70)73)76(58-30-13-6-14-31-58)68-36-20-27-54-46-56-41-40-55-45-53-26-19-35-67(71(53)74(55,56)72(54)68)75(57-28-11-5-12-29-57)59-42-37-51(38-43-59)62-44-39-50-23-15-16-32-61(50)69(62)52-24-9-4-10-25-52/h3-39,42-44,47-48,55-56H,40-41,45-46H2,1-2H3. The van der Waals surface area contributed by atoms with E-state index in [1.165, 1.54) is 130 Å². The maximum Gasteiger partial charge on any atom is 0.0505 e. The van der Waals surface area contributed by atoms with Crippen molar-refractivity contribution >= 4 is 44.9 Å². The molecule has 0 bridgehead atoms. The Morgan fingerprint density at radius 3 is 1.50 bits per heavy atom. The van der Waals surface area contributed by atoms with E-state index in [2.05, 4.69) is 278 Å². The molecule has 1 fully saturated rings. The monoisotopic (exact) mass is 974 g/mol. The van der Waals surface area contributed by atoms with Gasteiger partial charge in [0, 0.05) is 33.6 Å². The highest BCUT2D eigenvalue weighted by Crippen LogP contribution is 2.69. The molecule has 3 atom stereocenters. The first-order chi connectivity index (χ1) is 37.5. The molecular weight excluding hydrogens is 917 g/mol. The molecule has 0 aromatic heterocycles. The molecule has 2 nitrogen and oxygen atoms in total. The minimum absolute atomic E-state index is 0.190. The van der Waals surface area contributed by atoms with E-state index >= 15 is 0 Å². The smallest absolute Gasteiger partial charge is 0.0505 e. The van der Waals surface area contributed by atoms with Crippen molar-refractivity contribution in [1.82, 2.24) is 0 Å². The second-order valence-corrected chi connectivity index (χ2v) is 22.3. The molecule has 4 aliphatic carbocycles. The number of hydrogen-bond donors (Lipinski definition) is 0. The fraction of sp³-hybridized carbons (Fsp3) is 0.135. The fourth-order valence-corrected chi connectivity index (χ4v) is 15.0. The van der Waals surface area contributed by atoms with Gasteiger partial charge in [-0.2, -0.15) is 0 Å². The third kappa shape index (κ3) is 6.66. The first-order valence-electron chi connectivity index (χ1n) is 27.4. The minimum Gasteiger partial charge on any atom is -0.310 e. The number of benzene rings is 11. The molecule has 0 N–H and O–H groups in total. The summed E-state index contributed by atoms with van der Waals surface area (Å²) in [6.45, 7) is 4.84. The maximum absolute atomic E-state index is 2.64. The summed E-state index contributed by atoms with van der Waals surface area (Å²) in [5, 5.41) is 2.52. The number of hydrogen-bond acceptors (Lipinski definition) is 2.